The molecule has 0 bridgehead atoms. The molecule has 0 radical (unpaired) electrons. The van der Waals surface area contributed by atoms with Gasteiger partial charge in [-0.05, 0) is 48.5 Å². The highest BCUT2D eigenvalue weighted by atomic mass is 35.5. The van der Waals surface area contributed by atoms with E-state index >= 15 is 0 Å². The number of carbonyl (C=O) groups excluding carboxylic acids is 1. The summed E-state index contributed by atoms with van der Waals surface area (Å²) in [5.74, 6) is -1.20. The number of imidazole rings is 1. The van der Waals surface area contributed by atoms with E-state index in [0.29, 0.717) is 28.6 Å². The minimum Gasteiger partial charge on any atom is -0.405 e. The van der Waals surface area contributed by atoms with Crippen molar-refractivity contribution in [2.75, 3.05) is 5.32 Å². The molecule has 1 aliphatic heterocycles. The molecule has 3 aromatic carbocycles. The number of fused-ring (bicyclic) bond motifs is 1. The molecule has 0 atom stereocenters. The summed E-state index contributed by atoms with van der Waals surface area (Å²) in [6, 6.07) is 15.2. The Kier molecular flexibility index (Phi) is 7.00. The maximum Gasteiger partial charge on any atom is 0.573 e. The quantitative estimate of drug-likeness (QED) is 0.255. The number of hydrogen-bond donors (Lipinski definition) is 1. The Balaban J connectivity index is 1.44. The molecule has 6 nitrogen and oxygen atoms in total. The van der Waals surface area contributed by atoms with Crippen molar-refractivity contribution in [2.24, 2.45) is 0 Å². The third-order valence-corrected chi connectivity index (χ3v) is 6.16. The zero-order valence-corrected chi connectivity index (χ0v) is 20.6. The van der Waals surface area contributed by atoms with Gasteiger partial charge in [0.25, 0.3) is 0 Å². The van der Waals surface area contributed by atoms with Gasteiger partial charge >= 0.3 is 6.36 Å². The van der Waals surface area contributed by atoms with Gasteiger partial charge < -0.3 is 15.0 Å². The number of ether oxygens (including phenoxy) is 1. The van der Waals surface area contributed by atoms with Gasteiger partial charge in [0.2, 0.25) is 5.91 Å². The number of anilines is 2. The molecular weight excluding hydrogens is 543 g/mol. The van der Waals surface area contributed by atoms with Gasteiger partial charge in [0.1, 0.15) is 34.7 Å². The van der Waals surface area contributed by atoms with E-state index in [9.17, 15) is 26.7 Å². The fourth-order valence-electron chi connectivity index (χ4n) is 4.05. The van der Waals surface area contributed by atoms with Gasteiger partial charge in [-0.15, -0.1) is 13.2 Å². The first-order chi connectivity index (χ1) is 18.6. The highest BCUT2D eigenvalue weighted by Gasteiger charge is 2.32. The van der Waals surface area contributed by atoms with Crippen LogP contribution in [0.4, 0.5) is 33.5 Å². The van der Waals surface area contributed by atoms with Crippen molar-refractivity contribution in [2.45, 2.75) is 19.3 Å². The predicted octanol–water partition coefficient (Wildman–Crippen LogP) is 7.14. The zero-order valence-electron chi connectivity index (χ0n) is 19.8. The molecule has 0 saturated heterocycles. The third-order valence-electron chi connectivity index (χ3n) is 5.85. The molecule has 1 N–H and O–H groups in total. The van der Waals surface area contributed by atoms with Crippen LogP contribution in [0.3, 0.4) is 0 Å². The van der Waals surface area contributed by atoms with E-state index in [1.807, 2.05) is 0 Å². The largest absolute Gasteiger partial charge is 0.573 e. The fraction of sp³-hybridized carbons (Fsp3) is 0.111. The average Bonchev–Trinajstić information content (AvgIpc) is 3.24. The molecule has 0 unspecified atom stereocenters. The van der Waals surface area contributed by atoms with E-state index < -0.39 is 29.7 Å². The van der Waals surface area contributed by atoms with Crippen LogP contribution in [-0.2, 0) is 17.8 Å². The van der Waals surface area contributed by atoms with Crippen LogP contribution in [0.1, 0.15) is 11.4 Å². The second-order valence-electron chi connectivity index (χ2n) is 8.51. The van der Waals surface area contributed by atoms with Crippen LogP contribution in [0.25, 0.3) is 17.5 Å². The maximum absolute atomic E-state index is 14.1. The van der Waals surface area contributed by atoms with Gasteiger partial charge in [-0.1, -0.05) is 29.8 Å². The molecule has 0 fully saturated rings. The summed E-state index contributed by atoms with van der Waals surface area (Å²) in [6.45, 7) is -0.0114. The number of alkyl halides is 3. The lowest BCUT2D eigenvalue weighted by atomic mass is 10.1. The Bertz CT molecular complexity index is 1570. The van der Waals surface area contributed by atoms with Crippen molar-refractivity contribution in [3.05, 3.63) is 101 Å². The molecule has 2 heterocycles. The smallest absolute Gasteiger partial charge is 0.405 e. The molecule has 0 saturated carbocycles. The number of rotatable bonds is 6. The molecule has 39 heavy (non-hydrogen) atoms. The summed E-state index contributed by atoms with van der Waals surface area (Å²) >= 11 is 5.80. The van der Waals surface area contributed by atoms with Crippen molar-refractivity contribution in [3.63, 3.8) is 0 Å². The lowest BCUT2D eigenvalue weighted by molar-refractivity contribution is -0.274. The molecule has 12 heteroatoms. The Morgan fingerprint density at radius 3 is 2.49 bits per heavy atom. The van der Waals surface area contributed by atoms with Gasteiger partial charge in [0.15, 0.2) is 0 Å². The van der Waals surface area contributed by atoms with Gasteiger partial charge in [-0.3, -0.25) is 9.36 Å². The summed E-state index contributed by atoms with van der Waals surface area (Å²) in [7, 11) is 0. The molecule has 200 valence electrons. The second-order valence-corrected chi connectivity index (χ2v) is 8.92. The molecule has 1 aromatic heterocycles. The first-order valence-electron chi connectivity index (χ1n) is 11.5. The lowest BCUT2D eigenvalue weighted by Crippen LogP contribution is -2.30. The number of aromatic nitrogens is 2. The minimum atomic E-state index is -4.90. The standard InChI is InChI=1S/C27H18ClF5N4O2/c28-20-10-9-19(14-21(20)30)34-26-25(16-5-7-18(29)8-6-16)35-23-15-36(11-12-37(23)26)24(38)13-17-3-1-2-4-22(17)39-27(31,32)33/h1-12,14,34H,13,15H2. The van der Waals surface area contributed by atoms with E-state index in [-0.39, 0.29) is 23.6 Å². The third kappa shape index (κ3) is 5.88. The summed E-state index contributed by atoms with van der Waals surface area (Å²) in [4.78, 5) is 19.0. The van der Waals surface area contributed by atoms with Gasteiger partial charge in [-0.2, -0.15) is 0 Å². The second kappa shape index (κ2) is 10.4. The Morgan fingerprint density at radius 1 is 1.03 bits per heavy atom. The molecule has 1 aliphatic rings. The lowest BCUT2D eigenvalue weighted by Gasteiger charge is -2.23. The van der Waals surface area contributed by atoms with Crippen molar-refractivity contribution < 1.29 is 31.5 Å². The number of hydrogen-bond acceptors (Lipinski definition) is 4. The van der Waals surface area contributed by atoms with Gasteiger partial charge in [0.05, 0.1) is 18.0 Å². The monoisotopic (exact) mass is 560 g/mol. The first-order valence-corrected chi connectivity index (χ1v) is 11.9. The molecular formula is C27H18ClF5N4O2. The number of halogens is 6. The predicted molar refractivity (Wildman–Crippen MR) is 135 cm³/mol. The number of para-hydroxylation sites is 1. The van der Waals surface area contributed by atoms with Gasteiger partial charge in [0, 0.05) is 29.2 Å². The number of amides is 1. The van der Waals surface area contributed by atoms with Crippen molar-refractivity contribution in [1.29, 1.82) is 0 Å². The molecule has 1 amide bonds. The summed E-state index contributed by atoms with van der Waals surface area (Å²) in [5.41, 5.74) is 1.40. The Hall–Kier alpha value is -4.38. The van der Waals surface area contributed by atoms with Crippen LogP contribution in [0.2, 0.25) is 5.02 Å². The number of nitrogens with zero attached hydrogens (tertiary/aromatic N) is 3. The number of nitrogens with one attached hydrogen (secondary N) is 1. The molecule has 4 aromatic rings. The fourth-order valence-corrected chi connectivity index (χ4v) is 4.17. The summed E-state index contributed by atoms with van der Waals surface area (Å²) < 4.78 is 71.7. The molecule has 0 aliphatic carbocycles. The van der Waals surface area contributed by atoms with Gasteiger partial charge in [-0.25, -0.2) is 13.8 Å². The average molecular weight is 561 g/mol. The van der Waals surface area contributed by atoms with Crippen LogP contribution < -0.4 is 10.1 Å². The normalized spacial score (nSPS) is 12.8. The Labute approximate surface area is 223 Å². The molecule has 5 rings (SSSR count). The summed E-state index contributed by atoms with van der Waals surface area (Å²) in [5, 5.41) is 3.06. The van der Waals surface area contributed by atoms with Crippen LogP contribution in [-0.4, -0.2) is 26.7 Å². The Morgan fingerprint density at radius 2 is 1.77 bits per heavy atom. The van der Waals surface area contributed by atoms with Crippen LogP contribution in [0, 0.1) is 11.6 Å². The van der Waals surface area contributed by atoms with Crippen molar-refractivity contribution in [3.8, 4) is 17.0 Å². The minimum absolute atomic E-state index is 0.0114. The number of benzene rings is 3. The van der Waals surface area contributed by atoms with Crippen molar-refractivity contribution in [1.82, 2.24) is 14.5 Å². The number of carbonyl (C=O) groups is 1. The van der Waals surface area contributed by atoms with E-state index in [4.69, 9.17) is 11.6 Å². The van der Waals surface area contributed by atoms with Crippen LogP contribution in [0.5, 0.6) is 5.75 Å². The SMILES string of the molecule is O=C(Cc1ccccc1OC(F)(F)F)N1C=Cn2c(nc(-c3ccc(F)cc3)c2Nc2ccc(Cl)c(F)c2)C1. The maximum atomic E-state index is 14.1. The first kappa shape index (κ1) is 26.2. The van der Waals surface area contributed by atoms with Crippen LogP contribution >= 0.6 is 11.6 Å². The molecule has 0 spiro atoms. The van der Waals surface area contributed by atoms with E-state index in [2.05, 4.69) is 15.0 Å². The van der Waals surface area contributed by atoms with E-state index in [1.165, 1.54) is 65.7 Å². The topological polar surface area (TPSA) is 59.4 Å². The summed E-state index contributed by atoms with van der Waals surface area (Å²) in [6.07, 6.45) is -2.24. The van der Waals surface area contributed by atoms with E-state index in [0.717, 1.165) is 6.07 Å². The zero-order chi connectivity index (χ0) is 27.7. The van der Waals surface area contributed by atoms with Crippen LogP contribution in [0.15, 0.2) is 72.9 Å². The highest BCUT2D eigenvalue weighted by molar-refractivity contribution is 6.30. The van der Waals surface area contributed by atoms with Crippen molar-refractivity contribution >= 4 is 35.2 Å². The van der Waals surface area contributed by atoms with E-state index in [1.54, 1.807) is 16.8 Å². The highest BCUT2D eigenvalue weighted by Crippen LogP contribution is 2.35.